The molecule has 0 radical (unpaired) electrons. The fraction of sp³-hybridized carbons (Fsp3) is 0.158. The standard InChI is InChI=1S/C19H17NO4/c1-12-10-18(21)24-17-11-15(8-9-16(12)17)23-13(2)19(22)20-14-6-4-3-5-7-14/h3-11,13H,1-2H3,(H,20,22)/t13-/m1/s1. The summed E-state index contributed by atoms with van der Waals surface area (Å²) in [5.41, 5.74) is 1.57. The molecule has 1 aromatic heterocycles. The van der Waals surface area contributed by atoms with Gasteiger partial charge < -0.3 is 14.5 Å². The SMILES string of the molecule is Cc1cc(=O)oc2cc(O[C@H](C)C(=O)Nc3ccccc3)ccc12. The summed E-state index contributed by atoms with van der Waals surface area (Å²) in [7, 11) is 0. The number of hydrogen-bond donors (Lipinski definition) is 1. The van der Waals surface area contributed by atoms with E-state index >= 15 is 0 Å². The zero-order valence-electron chi connectivity index (χ0n) is 13.4. The molecule has 0 spiro atoms. The third kappa shape index (κ3) is 3.46. The molecule has 0 fully saturated rings. The lowest BCUT2D eigenvalue weighted by Gasteiger charge is -2.15. The van der Waals surface area contributed by atoms with Crippen LogP contribution in [-0.4, -0.2) is 12.0 Å². The number of rotatable bonds is 4. The summed E-state index contributed by atoms with van der Waals surface area (Å²) in [6, 6.07) is 15.8. The van der Waals surface area contributed by atoms with Crippen molar-refractivity contribution in [1.82, 2.24) is 0 Å². The van der Waals surface area contributed by atoms with Crippen LogP contribution < -0.4 is 15.7 Å². The van der Waals surface area contributed by atoms with Gasteiger partial charge in [-0.15, -0.1) is 0 Å². The topological polar surface area (TPSA) is 68.5 Å². The van der Waals surface area contributed by atoms with Gasteiger partial charge in [0.25, 0.3) is 5.91 Å². The molecule has 1 atom stereocenters. The molecule has 1 N–H and O–H groups in total. The Hall–Kier alpha value is -3.08. The van der Waals surface area contributed by atoms with Gasteiger partial charge in [0.15, 0.2) is 6.10 Å². The first kappa shape index (κ1) is 15.8. The molecule has 1 amide bonds. The van der Waals surface area contributed by atoms with Crippen molar-refractivity contribution in [1.29, 1.82) is 0 Å². The second-order valence-corrected chi connectivity index (χ2v) is 5.52. The third-order valence-electron chi connectivity index (χ3n) is 3.65. The first-order valence-corrected chi connectivity index (χ1v) is 7.60. The zero-order chi connectivity index (χ0) is 17.1. The van der Waals surface area contributed by atoms with Crippen molar-refractivity contribution in [3.05, 3.63) is 70.6 Å². The van der Waals surface area contributed by atoms with E-state index in [2.05, 4.69) is 5.32 Å². The predicted molar refractivity (Wildman–Crippen MR) is 92.4 cm³/mol. The number of aryl methyl sites for hydroxylation is 1. The van der Waals surface area contributed by atoms with Gasteiger partial charge in [-0.3, -0.25) is 4.79 Å². The van der Waals surface area contributed by atoms with Crippen LogP contribution in [0.2, 0.25) is 0 Å². The van der Waals surface area contributed by atoms with Crippen molar-refractivity contribution in [2.24, 2.45) is 0 Å². The highest BCUT2D eigenvalue weighted by molar-refractivity contribution is 5.94. The van der Waals surface area contributed by atoms with E-state index in [-0.39, 0.29) is 5.91 Å². The van der Waals surface area contributed by atoms with E-state index in [0.717, 1.165) is 10.9 Å². The molecule has 0 aliphatic carbocycles. The van der Waals surface area contributed by atoms with Crippen molar-refractivity contribution < 1.29 is 13.9 Å². The number of benzene rings is 2. The molecule has 0 saturated carbocycles. The molecule has 0 unspecified atom stereocenters. The molecule has 5 nitrogen and oxygen atoms in total. The number of hydrogen-bond acceptors (Lipinski definition) is 4. The van der Waals surface area contributed by atoms with Crippen LogP contribution in [0.25, 0.3) is 11.0 Å². The molecular weight excluding hydrogens is 306 g/mol. The quantitative estimate of drug-likeness (QED) is 0.746. The third-order valence-corrected chi connectivity index (χ3v) is 3.65. The van der Waals surface area contributed by atoms with Gasteiger partial charge in [-0.25, -0.2) is 4.79 Å². The maximum Gasteiger partial charge on any atom is 0.336 e. The molecule has 24 heavy (non-hydrogen) atoms. The lowest BCUT2D eigenvalue weighted by atomic mass is 10.1. The van der Waals surface area contributed by atoms with Gasteiger partial charge in [0, 0.05) is 23.2 Å². The first-order chi connectivity index (χ1) is 11.5. The minimum atomic E-state index is -0.695. The molecule has 0 aliphatic rings. The van der Waals surface area contributed by atoms with Crippen molar-refractivity contribution in [3.8, 4) is 5.75 Å². The molecule has 3 rings (SSSR count). The molecule has 122 valence electrons. The summed E-state index contributed by atoms with van der Waals surface area (Å²) in [5, 5.41) is 3.62. The van der Waals surface area contributed by atoms with Gasteiger partial charge in [0.2, 0.25) is 0 Å². The Bertz CT molecular complexity index is 931. The Morgan fingerprint density at radius 1 is 1.12 bits per heavy atom. The van der Waals surface area contributed by atoms with E-state index < -0.39 is 11.7 Å². The van der Waals surface area contributed by atoms with E-state index in [1.165, 1.54) is 6.07 Å². The molecule has 1 heterocycles. The van der Waals surface area contributed by atoms with Gasteiger partial charge in [-0.2, -0.15) is 0 Å². The van der Waals surface area contributed by atoms with E-state index in [4.69, 9.17) is 9.15 Å². The Morgan fingerprint density at radius 3 is 2.62 bits per heavy atom. The number of fused-ring (bicyclic) bond motifs is 1. The average Bonchev–Trinajstić information content (AvgIpc) is 2.55. The van der Waals surface area contributed by atoms with Crippen LogP contribution in [0.4, 0.5) is 5.69 Å². The number of ether oxygens (including phenoxy) is 1. The first-order valence-electron chi connectivity index (χ1n) is 7.60. The Kier molecular flexibility index (Phi) is 4.33. The lowest BCUT2D eigenvalue weighted by Crippen LogP contribution is -2.30. The van der Waals surface area contributed by atoms with Crippen LogP contribution in [0.1, 0.15) is 12.5 Å². The summed E-state index contributed by atoms with van der Waals surface area (Å²) in [4.78, 5) is 23.7. The van der Waals surface area contributed by atoms with Crippen molar-refractivity contribution >= 4 is 22.6 Å². The second kappa shape index (κ2) is 6.58. The molecule has 0 aliphatic heterocycles. The molecule has 2 aromatic carbocycles. The van der Waals surface area contributed by atoms with Gasteiger partial charge in [0.1, 0.15) is 11.3 Å². The molecular formula is C19H17NO4. The summed E-state index contributed by atoms with van der Waals surface area (Å²) < 4.78 is 10.8. The summed E-state index contributed by atoms with van der Waals surface area (Å²) >= 11 is 0. The maximum absolute atomic E-state index is 12.2. The van der Waals surface area contributed by atoms with Crippen LogP contribution in [-0.2, 0) is 4.79 Å². The minimum absolute atomic E-state index is 0.257. The number of para-hydroxylation sites is 1. The van der Waals surface area contributed by atoms with Crippen molar-refractivity contribution in [3.63, 3.8) is 0 Å². The van der Waals surface area contributed by atoms with E-state index in [0.29, 0.717) is 17.0 Å². The Morgan fingerprint density at radius 2 is 1.88 bits per heavy atom. The average molecular weight is 323 g/mol. The monoisotopic (exact) mass is 323 g/mol. The molecule has 0 saturated heterocycles. The predicted octanol–water partition coefficient (Wildman–Crippen LogP) is 3.51. The summed E-state index contributed by atoms with van der Waals surface area (Å²) in [6.07, 6.45) is -0.695. The second-order valence-electron chi connectivity index (χ2n) is 5.52. The normalized spacial score (nSPS) is 11.9. The number of carbonyl (C=O) groups excluding carboxylic acids is 1. The fourth-order valence-corrected chi connectivity index (χ4v) is 2.40. The smallest absolute Gasteiger partial charge is 0.336 e. The zero-order valence-corrected chi connectivity index (χ0v) is 13.4. The highest BCUT2D eigenvalue weighted by Gasteiger charge is 2.15. The largest absolute Gasteiger partial charge is 0.481 e. The van der Waals surface area contributed by atoms with Gasteiger partial charge >= 0.3 is 5.63 Å². The van der Waals surface area contributed by atoms with Gasteiger partial charge in [-0.1, -0.05) is 18.2 Å². The highest BCUT2D eigenvalue weighted by Crippen LogP contribution is 2.23. The highest BCUT2D eigenvalue weighted by atomic mass is 16.5. The van der Waals surface area contributed by atoms with Crippen molar-refractivity contribution in [2.45, 2.75) is 20.0 Å². The van der Waals surface area contributed by atoms with E-state index in [9.17, 15) is 9.59 Å². The molecule has 5 heteroatoms. The lowest BCUT2D eigenvalue weighted by molar-refractivity contribution is -0.122. The van der Waals surface area contributed by atoms with Crippen LogP contribution in [0.5, 0.6) is 5.75 Å². The number of anilines is 1. The number of carbonyl (C=O) groups is 1. The number of amides is 1. The van der Waals surface area contributed by atoms with Crippen LogP contribution >= 0.6 is 0 Å². The molecule has 3 aromatic rings. The Labute approximate surface area is 138 Å². The minimum Gasteiger partial charge on any atom is -0.481 e. The van der Waals surface area contributed by atoms with Crippen LogP contribution in [0.3, 0.4) is 0 Å². The van der Waals surface area contributed by atoms with E-state index in [1.807, 2.05) is 31.2 Å². The molecule has 0 bridgehead atoms. The van der Waals surface area contributed by atoms with Gasteiger partial charge in [-0.05, 0) is 43.7 Å². The number of nitrogens with one attached hydrogen (secondary N) is 1. The van der Waals surface area contributed by atoms with Crippen LogP contribution in [0, 0.1) is 6.92 Å². The van der Waals surface area contributed by atoms with Gasteiger partial charge in [0.05, 0.1) is 0 Å². The maximum atomic E-state index is 12.2. The van der Waals surface area contributed by atoms with Crippen LogP contribution in [0.15, 0.2) is 63.8 Å². The summed E-state index contributed by atoms with van der Waals surface area (Å²) in [5.74, 6) is 0.207. The van der Waals surface area contributed by atoms with E-state index in [1.54, 1.807) is 31.2 Å². The Balaban J connectivity index is 1.76. The van der Waals surface area contributed by atoms with Crippen molar-refractivity contribution in [2.75, 3.05) is 5.32 Å². The summed E-state index contributed by atoms with van der Waals surface area (Å²) in [6.45, 7) is 3.50. The fourth-order valence-electron chi connectivity index (χ4n) is 2.40.